The van der Waals surface area contributed by atoms with E-state index in [2.05, 4.69) is 59.8 Å². The number of anilines is 6. The molecule has 0 aliphatic heterocycles. The van der Waals surface area contributed by atoms with Crippen LogP contribution in [0.4, 0.5) is 57.6 Å². The van der Waals surface area contributed by atoms with Crippen LogP contribution in [0.25, 0.3) is 67.5 Å². The lowest BCUT2D eigenvalue weighted by molar-refractivity contribution is -0.137. The molecule has 0 aliphatic rings. The molecule has 12 rings (SSSR count). The minimum absolute atomic E-state index is 0.00725. The van der Waals surface area contributed by atoms with Crippen LogP contribution in [0.5, 0.6) is 23.0 Å². The summed E-state index contributed by atoms with van der Waals surface area (Å²) in [5, 5.41) is 0.805. The molecule has 109 heavy (non-hydrogen) atoms. The minimum atomic E-state index is -4.44. The van der Waals surface area contributed by atoms with Crippen LogP contribution in [0.3, 0.4) is 0 Å². The Balaban J connectivity index is 0.000000182. The zero-order valence-electron chi connectivity index (χ0n) is 62.7. The van der Waals surface area contributed by atoms with Gasteiger partial charge >= 0.3 is 6.18 Å². The second kappa shape index (κ2) is 39.6. The highest BCUT2D eigenvalue weighted by Gasteiger charge is 2.31. The average molecular weight is 1530 g/mol. The van der Waals surface area contributed by atoms with Crippen LogP contribution in [-0.4, -0.2) is 88.2 Å². The maximum atomic E-state index is 13.7. The topological polar surface area (TPSA) is 348 Å². The summed E-state index contributed by atoms with van der Waals surface area (Å²) in [5.74, 6) is 3.62. The van der Waals surface area contributed by atoms with Crippen molar-refractivity contribution in [1.82, 2.24) is 59.8 Å². The van der Waals surface area contributed by atoms with Crippen molar-refractivity contribution < 1.29 is 40.9 Å². The normalized spacial score (nSPS) is 10.6. The number of halogens is 7. The third kappa shape index (κ3) is 24.0. The van der Waals surface area contributed by atoms with Crippen LogP contribution in [0.15, 0.2) is 146 Å². The van der Waals surface area contributed by atoms with Crippen molar-refractivity contribution in [2.45, 2.75) is 107 Å². The van der Waals surface area contributed by atoms with Crippen LogP contribution < -0.4 is 53.3 Å². The molecule has 0 radical (unpaired) electrons. The first-order chi connectivity index (χ1) is 51.9. The third-order valence-electron chi connectivity index (χ3n) is 16.1. The second-order valence-electron chi connectivity index (χ2n) is 24.0. The first-order valence-electron chi connectivity index (χ1n) is 34.4. The number of hydrogen-bond donors (Lipinski definition) is 6. The molecule has 0 amide bonds. The molecule has 0 bridgehead atoms. The number of alkyl halides is 3. The standard InChI is InChI=1S/C14H17N3O2.C14H17N3O.C13H11ClF3N3.C13H14ClN3O.2C13H14FN3/c1-4-9-7-12(17-14(15)16-9)11-8-10(18-2)5-6-13(11)19-3;1-4-10-8-12(17-14(15)16-10)11-7-9(2)5-6-13(11)18-3;1-2-8-6-11(20-12(18)19-8)9-5-7(13(15,16)17)3-4-10(9)14;1-3-9-7-11(17-13(15)16-9)10-6-8(14)4-5-12(10)18-2;1-3-10-7-12(17-13(15)16-10)11-6-9(14)5-4-8(11)2;1-3-9-7-12(17-13(15)16-9)10-6-8(2)4-5-11(10)14/h5-8H,4H2,1-3H3,(H2,15,16,17);5-8H,4H2,1-3H3,(H2,15,16,17);3-6H,2H2,1H3,(H2,18,19,20);4-7H,3H2,1-2H3,(H2,15,16,17);2*4-7H,3H2,1-2H3,(H2,15,16,17). The smallest absolute Gasteiger partial charge is 0.416 e. The number of rotatable bonds is 16. The van der Waals surface area contributed by atoms with Gasteiger partial charge in [0.2, 0.25) is 35.7 Å². The highest BCUT2D eigenvalue weighted by molar-refractivity contribution is 6.33. The molecular formula is C80H87Cl2F5N18O4. The number of nitrogens with two attached hydrogens (primary N) is 6. The van der Waals surface area contributed by atoms with Gasteiger partial charge in [-0.15, -0.1) is 0 Å². The Hall–Kier alpha value is -12.0. The van der Waals surface area contributed by atoms with Crippen molar-refractivity contribution in [2.24, 2.45) is 0 Å². The highest BCUT2D eigenvalue weighted by Crippen LogP contribution is 2.38. The number of aryl methyl sites for hydroxylation is 9. The molecule has 0 spiro atoms. The van der Waals surface area contributed by atoms with Gasteiger partial charge in [-0.05, 0) is 192 Å². The van der Waals surface area contributed by atoms with E-state index in [1.165, 1.54) is 24.3 Å². The molecule has 0 fully saturated rings. The van der Waals surface area contributed by atoms with Gasteiger partial charge in [-0.2, -0.15) is 13.2 Å². The number of nitrogen functional groups attached to an aromatic ring is 6. The zero-order valence-corrected chi connectivity index (χ0v) is 64.2. The van der Waals surface area contributed by atoms with Gasteiger partial charge in [0.05, 0.1) is 68.2 Å². The Morgan fingerprint density at radius 2 is 0.670 bits per heavy atom. The summed E-state index contributed by atoms with van der Waals surface area (Å²) in [6.07, 6.45) is 0.0888. The molecule has 12 N–H and O–H groups in total. The Morgan fingerprint density at radius 1 is 0.330 bits per heavy atom. The minimum Gasteiger partial charge on any atom is -0.497 e. The summed E-state index contributed by atoms with van der Waals surface area (Å²) in [4.78, 5) is 49.6. The second-order valence-corrected chi connectivity index (χ2v) is 24.8. The van der Waals surface area contributed by atoms with Crippen LogP contribution >= 0.6 is 23.2 Å². The van der Waals surface area contributed by atoms with E-state index in [9.17, 15) is 22.0 Å². The monoisotopic (exact) mass is 1530 g/mol. The van der Waals surface area contributed by atoms with E-state index in [-0.39, 0.29) is 57.7 Å². The van der Waals surface area contributed by atoms with Crippen molar-refractivity contribution >= 4 is 58.9 Å². The summed E-state index contributed by atoms with van der Waals surface area (Å²) >= 11 is 12.0. The molecule has 570 valence electrons. The molecule has 6 aromatic carbocycles. The first kappa shape index (κ1) is 84.3. The van der Waals surface area contributed by atoms with E-state index in [1.807, 2.05) is 135 Å². The molecule has 0 saturated heterocycles. The third-order valence-corrected chi connectivity index (χ3v) is 16.7. The molecular weight excluding hydrogens is 1440 g/mol. The summed E-state index contributed by atoms with van der Waals surface area (Å²) in [5.41, 5.74) is 49.1. The Labute approximate surface area is 640 Å². The number of benzene rings is 6. The molecule has 0 unspecified atom stereocenters. The summed E-state index contributed by atoms with van der Waals surface area (Å²) < 4.78 is 86.4. The number of methoxy groups -OCH3 is 4. The highest BCUT2D eigenvalue weighted by atomic mass is 35.5. The number of hydrogen-bond acceptors (Lipinski definition) is 22. The van der Waals surface area contributed by atoms with Crippen molar-refractivity contribution in [3.05, 3.63) is 224 Å². The SMILES string of the molecule is CCc1cc(-c2cc(C(F)(F)F)ccc2Cl)nc(N)n1.CCc1cc(-c2cc(C)ccc2F)nc(N)n1.CCc1cc(-c2cc(C)ccc2OC)nc(N)n1.CCc1cc(-c2cc(Cl)ccc2OC)nc(N)n1.CCc1cc(-c2cc(F)ccc2C)nc(N)n1.CCc1cc(-c2cc(OC)ccc2OC)nc(N)n1. The van der Waals surface area contributed by atoms with Crippen LogP contribution in [-0.2, 0) is 44.7 Å². The number of nitrogens with zero attached hydrogens (tertiary/aromatic N) is 12. The first-order valence-corrected chi connectivity index (χ1v) is 35.1. The Morgan fingerprint density at radius 3 is 1.06 bits per heavy atom. The van der Waals surface area contributed by atoms with Gasteiger partial charge in [-0.1, -0.05) is 94.1 Å². The fourth-order valence-electron chi connectivity index (χ4n) is 10.5. The maximum absolute atomic E-state index is 13.7. The molecule has 6 aromatic heterocycles. The van der Waals surface area contributed by atoms with E-state index >= 15 is 0 Å². The van der Waals surface area contributed by atoms with Gasteiger partial charge in [0.1, 0.15) is 34.6 Å². The van der Waals surface area contributed by atoms with Gasteiger partial charge in [0.25, 0.3) is 0 Å². The van der Waals surface area contributed by atoms with Gasteiger partial charge in [-0.3, -0.25) is 0 Å². The zero-order chi connectivity index (χ0) is 79.8. The van der Waals surface area contributed by atoms with E-state index in [0.717, 1.165) is 146 Å². The van der Waals surface area contributed by atoms with E-state index < -0.39 is 11.7 Å². The van der Waals surface area contributed by atoms with E-state index in [0.29, 0.717) is 45.8 Å². The molecule has 0 aliphatic carbocycles. The van der Waals surface area contributed by atoms with Gasteiger partial charge in [-0.25, -0.2) is 68.6 Å². The number of ether oxygens (including phenoxy) is 4. The lowest BCUT2D eigenvalue weighted by atomic mass is 10.0. The molecule has 0 atom stereocenters. The Kier molecular flexibility index (Phi) is 30.6. The predicted molar refractivity (Wildman–Crippen MR) is 423 cm³/mol. The largest absolute Gasteiger partial charge is 0.497 e. The maximum Gasteiger partial charge on any atom is 0.416 e. The predicted octanol–water partition coefficient (Wildman–Crippen LogP) is 17.3. The van der Waals surface area contributed by atoms with Crippen LogP contribution in [0.1, 0.15) is 98.0 Å². The van der Waals surface area contributed by atoms with Crippen molar-refractivity contribution in [3.8, 4) is 90.5 Å². The van der Waals surface area contributed by atoms with Crippen LogP contribution in [0, 0.1) is 32.4 Å². The van der Waals surface area contributed by atoms with Crippen molar-refractivity contribution in [2.75, 3.05) is 62.8 Å². The summed E-state index contributed by atoms with van der Waals surface area (Å²) in [6, 6.07) is 40.5. The average Bonchev–Trinajstić information content (AvgIpc) is 0.702. The quantitative estimate of drug-likeness (QED) is 0.0489. The van der Waals surface area contributed by atoms with E-state index in [4.69, 9.17) is 76.6 Å². The van der Waals surface area contributed by atoms with Crippen molar-refractivity contribution in [1.29, 1.82) is 0 Å². The van der Waals surface area contributed by atoms with Gasteiger partial charge in [0, 0.05) is 77.6 Å². The lowest BCUT2D eigenvalue weighted by Gasteiger charge is -2.11. The molecule has 22 nitrogen and oxygen atoms in total. The Bertz CT molecular complexity index is 4900. The van der Waals surface area contributed by atoms with Crippen LogP contribution in [0.2, 0.25) is 10.0 Å². The fourth-order valence-corrected chi connectivity index (χ4v) is 10.9. The van der Waals surface area contributed by atoms with E-state index in [1.54, 1.807) is 64.8 Å². The van der Waals surface area contributed by atoms with Gasteiger partial charge in [0.15, 0.2) is 0 Å². The summed E-state index contributed by atoms with van der Waals surface area (Å²) in [7, 11) is 6.51. The fraction of sp³-hybridized carbons (Fsp3) is 0.250. The summed E-state index contributed by atoms with van der Waals surface area (Å²) in [6.45, 7) is 17.8. The molecule has 29 heteroatoms. The van der Waals surface area contributed by atoms with Crippen molar-refractivity contribution in [3.63, 3.8) is 0 Å². The molecule has 0 saturated carbocycles. The molecule has 12 aromatic rings. The number of aromatic nitrogens is 12. The molecule has 6 heterocycles. The lowest BCUT2D eigenvalue weighted by Crippen LogP contribution is -2.05. The van der Waals surface area contributed by atoms with Gasteiger partial charge < -0.3 is 53.3 Å².